The first-order valence-electron chi connectivity index (χ1n) is 8.82. The number of rotatable bonds is 4. The molecule has 0 fully saturated rings. The van der Waals surface area contributed by atoms with E-state index < -0.39 is 23.4 Å². The Morgan fingerprint density at radius 1 is 1.18 bits per heavy atom. The largest absolute Gasteiger partial charge is 0.464 e. The summed E-state index contributed by atoms with van der Waals surface area (Å²) in [4.78, 5) is 24.8. The van der Waals surface area contributed by atoms with Crippen LogP contribution in [0.3, 0.4) is 0 Å². The Kier molecular flexibility index (Phi) is 4.75. The summed E-state index contributed by atoms with van der Waals surface area (Å²) in [7, 11) is 0. The Labute approximate surface area is 164 Å². The first-order valence-corrected chi connectivity index (χ1v) is 9.70. The second-order valence-electron chi connectivity index (χ2n) is 6.12. The van der Waals surface area contributed by atoms with E-state index in [4.69, 9.17) is 9.47 Å². The van der Waals surface area contributed by atoms with Crippen molar-refractivity contribution in [1.82, 2.24) is 15.0 Å². The zero-order chi connectivity index (χ0) is 19.8. The van der Waals surface area contributed by atoms with E-state index in [0.717, 1.165) is 5.56 Å². The molecule has 0 radical (unpaired) electrons. The minimum absolute atomic E-state index is 0.0923. The van der Waals surface area contributed by atoms with E-state index in [-0.39, 0.29) is 18.9 Å². The van der Waals surface area contributed by atoms with Crippen LogP contribution in [0.25, 0.3) is 5.69 Å². The van der Waals surface area contributed by atoms with Gasteiger partial charge in [0.25, 0.3) is 0 Å². The van der Waals surface area contributed by atoms with Crippen LogP contribution in [-0.4, -0.2) is 51.6 Å². The third kappa shape index (κ3) is 2.91. The summed E-state index contributed by atoms with van der Waals surface area (Å²) in [6, 6.07) is 4.88. The lowest BCUT2D eigenvalue weighted by molar-refractivity contribution is -0.144. The molecule has 0 spiro atoms. The zero-order valence-electron chi connectivity index (χ0n) is 15.5. The first-order chi connectivity index (χ1) is 13.5. The smallest absolute Gasteiger partial charge is 0.361 e. The van der Waals surface area contributed by atoms with Crippen LogP contribution in [0.5, 0.6) is 0 Å². The van der Waals surface area contributed by atoms with Gasteiger partial charge in [-0.05, 0) is 38.5 Å². The molecule has 2 aliphatic rings. The second-order valence-corrected chi connectivity index (χ2v) is 7.23. The summed E-state index contributed by atoms with van der Waals surface area (Å²) < 4.78 is 11.8. The molecule has 0 saturated heterocycles. The average molecular weight is 402 g/mol. The van der Waals surface area contributed by atoms with Crippen LogP contribution in [0.2, 0.25) is 0 Å². The van der Waals surface area contributed by atoms with Crippen LogP contribution in [-0.2, 0) is 14.3 Å². The van der Waals surface area contributed by atoms with Crippen LogP contribution in [0.4, 0.5) is 5.69 Å². The molecule has 1 aromatic carbocycles. The molecule has 1 aromatic heterocycles. The van der Waals surface area contributed by atoms with E-state index in [1.807, 2.05) is 25.1 Å². The molecule has 0 aliphatic carbocycles. The van der Waals surface area contributed by atoms with Crippen molar-refractivity contribution in [2.75, 3.05) is 18.2 Å². The number of hydrogen-bond acceptors (Lipinski definition) is 10. The van der Waals surface area contributed by atoms with Crippen molar-refractivity contribution < 1.29 is 19.1 Å². The molecular formula is C17H18N6O4S. The van der Waals surface area contributed by atoms with Crippen LogP contribution in [0.1, 0.15) is 29.9 Å². The van der Waals surface area contributed by atoms with Crippen molar-refractivity contribution in [2.24, 2.45) is 10.3 Å². The molecule has 2 aromatic rings. The van der Waals surface area contributed by atoms with Gasteiger partial charge in [-0.1, -0.05) is 28.3 Å². The maximum absolute atomic E-state index is 12.4. The van der Waals surface area contributed by atoms with Crippen molar-refractivity contribution in [1.29, 1.82) is 0 Å². The van der Waals surface area contributed by atoms with Gasteiger partial charge in [0.2, 0.25) is 11.7 Å². The Morgan fingerprint density at radius 3 is 2.71 bits per heavy atom. The summed E-state index contributed by atoms with van der Waals surface area (Å²) in [5.74, 6) is -1.04. The summed E-state index contributed by atoms with van der Waals surface area (Å²) in [6.45, 7) is 5.87. The van der Waals surface area contributed by atoms with Gasteiger partial charge in [0, 0.05) is 0 Å². The Balaban J connectivity index is 1.85. The third-order valence-electron chi connectivity index (χ3n) is 4.25. The molecular weight excluding hydrogens is 384 g/mol. The Morgan fingerprint density at radius 2 is 1.96 bits per heavy atom. The molecule has 0 N–H and O–H groups in total. The second kappa shape index (κ2) is 7.23. The van der Waals surface area contributed by atoms with E-state index in [1.165, 1.54) is 11.8 Å². The van der Waals surface area contributed by atoms with Gasteiger partial charge in [0.05, 0.1) is 24.6 Å². The van der Waals surface area contributed by atoms with E-state index in [2.05, 4.69) is 20.6 Å². The lowest BCUT2D eigenvalue weighted by Crippen LogP contribution is -2.37. The number of anilines is 1. The molecule has 11 heteroatoms. The van der Waals surface area contributed by atoms with Crippen LogP contribution in [0, 0.1) is 6.92 Å². The monoisotopic (exact) mass is 402 g/mol. The van der Waals surface area contributed by atoms with Gasteiger partial charge < -0.3 is 9.47 Å². The molecule has 10 nitrogen and oxygen atoms in total. The Bertz CT molecular complexity index is 975. The highest BCUT2D eigenvalue weighted by Gasteiger charge is 2.45. The van der Waals surface area contributed by atoms with Crippen molar-refractivity contribution in [3.8, 4) is 5.69 Å². The minimum Gasteiger partial charge on any atom is -0.464 e. The van der Waals surface area contributed by atoms with E-state index in [9.17, 15) is 9.59 Å². The van der Waals surface area contributed by atoms with E-state index in [0.29, 0.717) is 16.4 Å². The van der Waals surface area contributed by atoms with Crippen molar-refractivity contribution >= 4 is 29.4 Å². The topological polar surface area (TPSA) is 111 Å². The number of aromatic nitrogens is 3. The third-order valence-corrected chi connectivity index (χ3v) is 5.54. The molecule has 3 heterocycles. The molecule has 0 saturated carbocycles. The number of thioether (sulfide) groups is 1. The van der Waals surface area contributed by atoms with Gasteiger partial charge in [-0.2, -0.15) is 5.11 Å². The van der Waals surface area contributed by atoms with Crippen molar-refractivity contribution in [3.05, 3.63) is 29.5 Å². The number of nitrogens with zero attached hydrogens (tertiary/aromatic N) is 6. The molecule has 2 aliphatic heterocycles. The zero-order valence-corrected chi connectivity index (χ0v) is 16.3. The van der Waals surface area contributed by atoms with Crippen molar-refractivity contribution in [3.63, 3.8) is 0 Å². The highest BCUT2D eigenvalue weighted by Crippen LogP contribution is 2.44. The predicted molar refractivity (Wildman–Crippen MR) is 99.5 cm³/mol. The quantitative estimate of drug-likeness (QED) is 0.716. The van der Waals surface area contributed by atoms with Gasteiger partial charge in [0.15, 0.2) is 0 Å². The number of carbonyl (C=O) groups is 2. The standard InChI is InChI=1S/C17H18N6O4S/c1-4-26-16(24)12-14-22(20-18-12)10-7-6-9(3)8-11(10)23-15(28-14)13(19-21-23)17(25)27-5-2/h6-8,13,15H,4-5H2,1-3H3/t13-,15+/m1/s1. The van der Waals surface area contributed by atoms with Crippen LogP contribution >= 0.6 is 11.8 Å². The number of carbonyl (C=O) groups excluding carboxylic acids is 2. The lowest BCUT2D eigenvalue weighted by atomic mass is 10.1. The predicted octanol–water partition coefficient (Wildman–Crippen LogP) is 2.30. The Hall–Kier alpha value is -2.95. The molecule has 4 rings (SSSR count). The normalized spacial score (nSPS) is 19.5. The van der Waals surface area contributed by atoms with Crippen molar-refractivity contribution in [2.45, 2.75) is 37.2 Å². The summed E-state index contributed by atoms with van der Waals surface area (Å²) in [6.07, 6.45) is 0. The summed E-state index contributed by atoms with van der Waals surface area (Å²) >= 11 is 1.24. The van der Waals surface area contributed by atoms with Gasteiger partial charge in [-0.3, -0.25) is 0 Å². The average Bonchev–Trinajstić information content (AvgIpc) is 3.24. The molecule has 0 unspecified atom stereocenters. The highest BCUT2D eigenvalue weighted by atomic mass is 32.2. The van der Waals surface area contributed by atoms with Crippen LogP contribution < -0.4 is 5.01 Å². The maximum Gasteiger partial charge on any atom is 0.361 e. The number of benzene rings is 1. The molecule has 146 valence electrons. The fraction of sp³-hybridized carbons (Fsp3) is 0.412. The maximum atomic E-state index is 12.4. The van der Waals surface area contributed by atoms with Gasteiger partial charge in [0.1, 0.15) is 10.4 Å². The molecule has 0 bridgehead atoms. The fourth-order valence-corrected chi connectivity index (χ4v) is 4.27. The number of fused-ring (bicyclic) bond motifs is 5. The lowest BCUT2D eigenvalue weighted by Gasteiger charge is -2.22. The number of hydrogen-bond donors (Lipinski definition) is 0. The highest BCUT2D eigenvalue weighted by molar-refractivity contribution is 8.00. The minimum atomic E-state index is -0.838. The number of aryl methyl sites for hydroxylation is 1. The summed E-state index contributed by atoms with van der Waals surface area (Å²) in [5.41, 5.74) is 2.50. The molecule has 0 amide bonds. The first kappa shape index (κ1) is 18.4. The van der Waals surface area contributed by atoms with E-state index in [1.54, 1.807) is 23.5 Å². The van der Waals surface area contributed by atoms with Gasteiger partial charge >= 0.3 is 11.9 Å². The fourth-order valence-electron chi connectivity index (χ4n) is 3.02. The van der Waals surface area contributed by atoms with E-state index >= 15 is 0 Å². The number of esters is 2. The van der Waals surface area contributed by atoms with Gasteiger partial charge in [-0.15, -0.1) is 5.10 Å². The molecule has 2 atom stereocenters. The summed E-state index contributed by atoms with van der Waals surface area (Å²) in [5, 5.41) is 18.1. The number of ether oxygens (including phenoxy) is 2. The molecule has 28 heavy (non-hydrogen) atoms. The van der Waals surface area contributed by atoms with Crippen LogP contribution in [0.15, 0.2) is 33.6 Å². The van der Waals surface area contributed by atoms with Gasteiger partial charge in [-0.25, -0.2) is 19.3 Å². The SMILES string of the molecule is CCOC(=O)c1nnn2c1S[C@H]1[C@H](C(=O)OCC)N=NN1c1cc(C)ccc1-2.